The molecule has 4 rings (SSSR count). The van der Waals surface area contributed by atoms with Gasteiger partial charge in [0.1, 0.15) is 0 Å². The van der Waals surface area contributed by atoms with Crippen molar-refractivity contribution in [3.8, 4) is 0 Å². The van der Waals surface area contributed by atoms with E-state index < -0.39 is 0 Å². The van der Waals surface area contributed by atoms with E-state index in [1.807, 2.05) is 24.4 Å². The molecule has 0 spiro atoms. The number of aromatic nitrogens is 1. The van der Waals surface area contributed by atoms with E-state index in [-0.39, 0.29) is 5.91 Å². The van der Waals surface area contributed by atoms with Gasteiger partial charge < -0.3 is 10.3 Å². The van der Waals surface area contributed by atoms with Crippen molar-refractivity contribution in [1.29, 1.82) is 0 Å². The number of halogens is 1. The first-order valence-electron chi connectivity index (χ1n) is 7.59. The van der Waals surface area contributed by atoms with E-state index in [4.69, 9.17) is 11.6 Å². The molecule has 0 bridgehead atoms. The van der Waals surface area contributed by atoms with Gasteiger partial charge in [0.05, 0.1) is 0 Å². The summed E-state index contributed by atoms with van der Waals surface area (Å²) < 4.78 is 0. The number of anilines is 1. The van der Waals surface area contributed by atoms with Crippen molar-refractivity contribution in [1.82, 2.24) is 4.98 Å². The van der Waals surface area contributed by atoms with E-state index in [2.05, 4.69) is 35.4 Å². The third-order valence-corrected chi connectivity index (χ3v) is 4.51. The molecule has 1 amide bonds. The highest BCUT2D eigenvalue weighted by molar-refractivity contribution is 6.37. The van der Waals surface area contributed by atoms with Gasteiger partial charge in [0.2, 0.25) is 0 Å². The Hall–Kier alpha value is -2.52. The number of hydrogen-bond donors (Lipinski definition) is 2. The number of aryl methyl sites for hydroxylation is 1. The van der Waals surface area contributed by atoms with Crippen molar-refractivity contribution in [3.05, 3.63) is 64.3 Å². The van der Waals surface area contributed by atoms with Gasteiger partial charge in [0, 0.05) is 44.5 Å². The second-order valence-corrected chi connectivity index (χ2v) is 6.08. The molecule has 114 valence electrons. The number of amides is 1. The van der Waals surface area contributed by atoms with Crippen LogP contribution in [0.3, 0.4) is 0 Å². The Kier molecular flexibility index (Phi) is 3.24. The van der Waals surface area contributed by atoms with E-state index in [0.29, 0.717) is 10.6 Å². The van der Waals surface area contributed by atoms with Gasteiger partial charge in [-0.2, -0.15) is 0 Å². The van der Waals surface area contributed by atoms with Gasteiger partial charge in [0.15, 0.2) is 0 Å². The molecule has 2 N–H and O–H groups in total. The molecule has 1 aromatic heterocycles. The maximum absolute atomic E-state index is 12.3. The lowest BCUT2D eigenvalue weighted by molar-refractivity contribution is -0.110. The van der Waals surface area contributed by atoms with Gasteiger partial charge in [-0.1, -0.05) is 36.7 Å². The molecule has 3 aromatic rings. The molecule has 4 heteroatoms. The van der Waals surface area contributed by atoms with Crippen molar-refractivity contribution < 1.29 is 4.79 Å². The molecule has 23 heavy (non-hydrogen) atoms. The lowest BCUT2D eigenvalue weighted by atomic mass is 10.0. The summed E-state index contributed by atoms with van der Waals surface area (Å²) in [6, 6.07) is 11.7. The van der Waals surface area contributed by atoms with Crippen molar-refractivity contribution >= 4 is 45.7 Å². The topological polar surface area (TPSA) is 44.9 Å². The van der Waals surface area contributed by atoms with Crippen LogP contribution < -0.4 is 5.32 Å². The average Bonchev–Trinajstić information content (AvgIpc) is 3.10. The number of carbonyl (C=O) groups excluding carboxylic acids is 1. The summed E-state index contributed by atoms with van der Waals surface area (Å²) in [7, 11) is 0. The Morgan fingerprint density at radius 1 is 1.22 bits per heavy atom. The second-order valence-electron chi connectivity index (χ2n) is 5.64. The van der Waals surface area contributed by atoms with E-state index >= 15 is 0 Å². The number of rotatable bonds is 2. The van der Waals surface area contributed by atoms with Crippen LogP contribution in [0.15, 0.2) is 42.6 Å². The van der Waals surface area contributed by atoms with Crippen LogP contribution in [0, 0.1) is 0 Å². The van der Waals surface area contributed by atoms with Crippen LogP contribution in [0.4, 0.5) is 5.69 Å². The molecule has 1 aliphatic heterocycles. The molecule has 0 unspecified atom stereocenters. The number of fused-ring (bicyclic) bond motifs is 2. The zero-order chi connectivity index (χ0) is 16.0. The van der Waals surface area contributed by atoms with E-state index in [1.54, 1.807) is 6.07 Å². The lowest BCUT2D eigenvalue weighted by Crippen LogP contribution is -2.03. The third kappa shape index (κ3) is 2.25. The van der Waals surface area contributed by atoms with Crippen molar-refractivity contribution in [2.24, 2.45) is 0 Å². The second kappa shape index (κ2) is 5.28. The first-order chi connectivity index (χ1) is 11.2. The van der Waals surface area contributed by atoms with Crippen molar-refractivity contribution in [3.63, 3.8) is 0 Å². The number of aromatic amines is 1. The van der Waals surface area contributed by atoms with Gasteiger partial charge in [-0.3, -0.25) is 4.79 Å². The molecule has 0 saturated heterocycles. The normalized spacial score (nSPS) is 15.2. The Morgan fingerprint density at radius 2 is 2.09 bits per heavy atom. The summed E-state index contributed by atoms with van der Waals surface area (Å²) in [6.45, 7) is 2.14. The summed E-state index contributed by atoms with van der Waals surface area (Å²) in [5.41, 5.74) is 5.71. The standard InChI is InChI=1S/C19H15ClN2O/c1-2-11-4-3-5-14-12(10-21-18(11)14)8-16-15-9-13(20)6-7-17(15)22-19(16)23/h3-10,21H,2H2,1H3,(H,22,23)/b16-8+. The number of H-pyrrole nitrogens is 1. The SMILES string of the molecule is CCc1cccc2c(/C=C3/C(=O)Nc4ccc(Cl)cc43)c[nH]c12. The zero-order valence-electron chi connectivity index (χ0n) is 12.6. The van der Waals surface area contributed by atoms with Crippen LogP contribution >= 0.6 is 11.6 Å². The smallest absolute Gasteiger partial charge is 0.256 e. The maximum Gasteiger partial charge on any atom is 0.256 e. The minimum Gasteiger partial charge on any atom is -0.360 e. The van der Waals surface area contributed by atoms with Crippen LogP contribution in [0.5, 0.6) is 0 Å². The van der Waals surface area contributed by atoms with Crippen LogP contribution in [-0.2, 0) is 11.2 Å². The zero-order valence-corrected chi connectivity index (χ0v) is 13.4. The molecular weight excluding hydrogens is 308 g/mol. The predicted molar refractivity (Wildman–Crippen MR) is 95.6 cm³/mol. The summed E-state index contributed by atoms with van der Waals surface area (Å²) in [5, 5.41) is 4.63. The van der Waals surface area contributed by atoms with E-state index in [9.17, 15) is 4.79 Å². The highest BCUT2D eigenvalue weighted by atomic mass is 35.5. The average molecular weight is 323 g/mol. The molecule has 2 heterocycles. The molecule has 0 fully saturated rings. The quantitative estimate of drug-likeness (QED) is 0.649. The molecule has 2 aromatic carbocycles. The fourth-order valence-electron chi connectivity index (χ4n) is 3.11. The number of benzene rings is 2. The summed E-state index contributed by atoms with van der Waals surface area (Å²) in [5.74, 6) is -0.0942. The Labute approximate surface area is 139 Å². The Balaban J connectivity index is 1.89. The summed E-state index contributed by atoms with van der Waals surface area (Å²) in [4.78, 5) is 15.6. The fraction of sp³-hybridized carbons (Fsp3) is 0.105. The van der Waals surface area contributed by atoms with Crippen molar-refractivity contribution in [2.75, 3.05) is 5.32 Å². The van der Waals surface area contributed by atoms with Crippen LogP contribution in [0.1, 0.15) is 23.6 Å². The summed E-state index contributed by atoms with van der Waals surface area (Å²) >= 11 is 6.08. The highest BCUT2D eigenvalue weighted by Gasteiger charge is 2.24. The summed E-state index contributed by atoms with van der Waals surface area (Å²) in [6.07, 6.45) is 4.84. The monoisotopic (exact) mass is 322 g/mol. The van der Waals surface area contributed by atoms with E-state index in [0.717, 1.165) is 34.1 Å². The van der Waals surface area contributed by atoms with Crippen LogP contribution in [0.2, 0.25) is 5.02 Å². The fourth-order valence-corrected chi connectivity index (χ4v) is 3.28. The largest absolute Gasteiger partial charge is 0.360 e. The number of para-hydroxylation sites is 1. The van der Waals surface area contributed by atoms with Gasteiger partial charge in [-0.25, -0.2) is 0 Å². The van der Waals surface area contributed by atoms with Crippen LogP contribution in [-0.4, -0.2) is 10.9 Å². The van der Waals surface area contributed by atoms with Gasteiger partial charge in [-0.05, 0) is 36.3 Å². The molecule has 3 nitrogen and oxygen atoms in total. The van der Waals surface area contributed by atoms with Crippen LogP contribution in [0.25, 0.3) is 22.6 Å². The highest BCUT2D eigenvalue weighted by Crippen LogP contribution is 2.36. The molecule has 0 saturated carbocycles. The molecule has 1 aliphatic rings. The van der Waals surface area contributed by atoms with E-state index in [1.165, 1.54) is 5.56 Å². The minimum atomic E-state index is -0.0942. The first-order valence-corrected chi connectivity index (χ1v) is 7.97. The number of nitrogens with one attached hydrogen (secondary N) is 2. The number of carbonyl (C=O) groups is 1. The molecule has 0 radical (unpaired) electrons. The number of hydrogen-bond acceptors (Lipinski definition) is 1. The minimum absolute atomic E-state index is 0.0942. The Morgan fingerprint density at radius 3 is 2.91 bits per heavy atom. The predicted octanol–water partition coefficient (Wildman–Crippen LogP) is 4.88. The Bertz CT molecular complexity index is 969. The van der Waals surface area contributed by atoms with Gasteiger partial charge in [0.25, 0.3) is 5.91 Å². The third-order valence-electron chi connectivity index (χ3n) is 4.28. The van der Waals surface area contributed by atoms with Gasteiger partial charge >= 0.3 is 0 Å². The maximum atomic E-state index is 12.3. The van der Waals surface area contributed by atoms with Gasteiger partial charge in [-0.15, -0.1) is 0 Å². The first kappa shape index (κ1) is 14.1. The molecule has 0 aliphatic carbocycles. The lowest BCUT2D eigenvalue weighted by Gasteiger charge is -2.01. The molecule has 0 atom stereocenters. The van der Waals surface area contributed by atoms with Crippen molar-refractivity contribution in [2.45, 2.75) is 13.3 Å². The molecular formula is C19H15ClN2O.